The van der Waals surface area contributed by atoms with Crippen molar-refractivity contribution < 1.29 is 14.3 Å². The van der Waals surface area contributed by atoms with Crippen molar-refractivity contribution in [3.63, 3.8) is 0 Å². The second kappa shape index (κ2) is 6.91. The number of esters is 1. The van der Waals surface area contributed by atoms with Crippen LogP contribution in [0.2, 0.25) is 0 Å². The summed E-state index contributed by atoms with van der Waals surface area (Å²) in [5, 5.41) is 2.71. The predicted molar refractivity (Wildman–Crippen MR) is 106 cm³/mol. The zero-order valence-electron chi connectivity index (χ0n) is 16.6. The molecular weight excluding hydrogens is 340 g/mol. The molecule has 0 saturated carbocycles. The van der Waals surface area contributed by atoms with E-state index in [1.54, 1.807) is 13.0 Å². The van der Waals surface area contributed by atoms with Crippen molar-refractivity contribution in [1.82, 2.24) is 9.88 Å². The van der Waals surface area contributed by atoms with E-state index < -0.39 is 5.97 Å². The number of ether oxygens (including phenoxy) is 1. The lowest BCUT2D eigenvalue weighted by atomic mass is 10.0. The van der Waals surface area contributed by atoms with Crippen LogP contribution in [-0.4, -0.2) is 23.6 Å². The number of rotatable bonds is 3. The number of hydrogen-bond acceptors (Lipinski definition) is 3. The first-order valence-corrected chi connectivity index (χ1v) is 8.83. The fourth-order valence-corrected chi connectivity index (χ4v) is 3.54. The molecule has 2 heterocycles. The van der Waals surface area contributed by atoms with E-state index in [-0.39, 0.29) is 5.91 Å². The van der Waals surface area contributed by atoms with E-state index in [2.05, 4.69) is 41.9 Å². The minimum Gasteiger partial charge on any atom is -0.465 e. The molecule has 0 atom stereocenters. The van der Waals surface area contributed by atoms with Crippen LogP contribution in [0.1, 0.15) is 35.0 Å². The van der Waals surface area contributed by atoms with Gasteiger partial charge in [-0.1, -0.05) is 12.1 Å². The Balaban J connectivity index is 2.15. The third kappa shape index (κ3) is 3.21. The van der Waals surface area contributed by atoms with Crippen LogP contribution in [0, 0.1) is 27.7 Å². The van der Waals surface area contributed by atoms with Crippen molar-refractivity contribution in [1.29, 1.82) is 0 Å². The Kier molecular flexibility index (Phi) is 4.79. The molecule has 0 fully saturated rings. The molecule has 0 bridgehead atoms. The number of nitrogens with zero attached hydrogens (tertiary/aromatic N) is 1. The van der Waals surface area contributed by atoms with Gasteiger partial charge in [0.25, 0.3) is 5.91 Å². The van der Waals surface area contributed by atoms with E-state index in [1.807, 2.05) is 19.9 Å². The van der Waals surface area contributed by atoms with Crippen LogP contribution in [0.4, 0.5) is 0 Å². The summed E-state index contributed by atoms with van der Waals surface area (Å²) in [6.07, 6.45) is 1.77. The molecular formula is C22H24N2O3. The molecule has 0 saturated heterocycles. The lowest BCUT2D eigenvalue weighted by Crippen LogP contribution is -2.15. The predicted octanol–water partition coefficient (Wildman–Crippen LogP) is 3.67. The lowest BCUT2D eigenvalue weighted by Gasteiger charge is -2.13. The van der Waals surface area contributed by atoms with Gasteiger partial charge in [0.15, 0.2) is 0 Å². The molecule has 1 N–H and O–H groups in total. The minimum absolute atomic E-state index is 0.288. The number of carbonyl (C=O) groups is 2. The smallest absolute Gasteiger partial charge is 0.340 e. The summed E-state index contributed by atoms with van der Waals surface area (Å²) in [7, 11) is 1.31. The molecule has 5 heteroatoms. The molecule has 27 heavy (non-hydrogen) atoms. The summed E-state index contributed by atoms with van der Waals surface area (Å²) in [5.41, 5.74) is 7.58. The first-order chi connectivity index (χ1) is 12.7. The van der Waals surface area contributed by atoms with Gasteiger partial charge in [-0.15, -0.1) is 0 Å². The zero-order valence-corrected chi connectivity index (χ0v) is 16.6. The highest BCUT2D eigenvalue weighted by Gasteiger charge is 2.31. The van der Waals surface area contributed by atoms with Crippen LogP contribution < -0.4 is 5.32 Å². The van der Waals surface area contributed by atoms with Crippen molar-refractivity contribution in [2.45, 2.75) is 34.6 Å². The third-order valence-corrected chi connectivity index (χ3v) is 4.96. The van der Waals surface area contributed by atoms with Crippen LogP contribution in [0.15, 0.2) is 41.1 Å². The van der Waals surface area contributed by atoms with Crippen molar-refractivity contribution in [2.24, 2.45) is 0 Å². The summed E-state index contributed by atoms with van der Waals surface area (Å²) >= 11 is 0. The molecule has 1 aromatic heterocycles. The van der Waals surface area contributed by atoms with Gasteiger partial charge in [0.2, 0.25) is 0 Å². The molecule has 1 aliphatic rings. The van der Waals surface area contributed by atoms with Crippen LogP contribution in [-0.2, 0) is 14.3 Å². The molecule has 2 aromatic rings. The second-order valence-electron chi connectivity index (χ2n) is 6.96. The Morgan fingerprint density at radius 3 is 2.48 bits per heavy atom. The molecule has 0 radical (unpaired) electrons. The fraction of sp³-hybridized carbons (Fsp3) is 0.273. The number of aryl methyl sites for hydroxylation is 3. The number of carbonyl (C=O) groups excluding carboxylic acids is 2. The first kappa shape index (κ1) is 18.7. The second-order valence-corrected chi connectivity index (χ2v) is 6.96. The van der Waals surface area contributed by atoms with Crippen molar-refractivity contribution in [3.8, 4) is 5.69 Å². The van der Waals surface area contributed by atoms with Crippen LogP contribution in [0.3, 0.4) is 0 Å². The monoisotopic (exact) mass is 364 g/mol. The molecule has 0 spiro atoms. The maximum Gasteiger partial charge on any atom is 0.340 e. The van der Waals surface area contributed by atoms with Gasteiger partial charge in [0, 0.05) is 22.8 Å². The van der Waals surface area contributed by atoms with Crippen molar-refractivity contribution in [3.05, 3.63) is 69.2 Å². The average Bonchev–Trinajstić information content (AvgIpc) is 3.05. The van der Waals surface area contributed by atoms with E-state index in [0.29, 0.717) is 16.8 Å². The van der Waals surface area contributed by atoms with Crippen molar-refractivity contribution in [2.75, 3.05) is 7.11 Å². The number of methoxy groups -OCH3 is 1. The van der Waals surface area contributed by atoms with E-state index in [4.69, 9.17) is 4.74 Å². The fourth-order valence-electron chi connectivity index (χ4n) is 3.54. The Labute approximate surface area is 159 Å². The zero-order chi connectivity index (χ0) is 19.9. The lowest BCUT2D eigenvalue weighted by molar-refractivity contribution is -0.136. The number of allylic oxidation sites excluding steroid dienone is 1. The van der Waals surface area contributed by atoms with E-state index in [1.165, 1.54) is 18.2 Å². The largest absolute Gasteiger partial charge is 0.465 e. The van der Waals surface area contributed by atoms with Gasteiger partial charge in [-0.2, -0.15) is 0 Å². The first-order valence-electron chi connectivity index (χ1n) is 8.83. The Morgan fingerprint density at radius 2 is 1.81 bits per heavy atom. The summed E-state index contributed by atoms with van der Waals surface area (Å²) in [5.74, 6) is -0.801. The van der Waals surface area contributed by atoms with Crippen molar-refractivity contribution >= 4 is 18.0 Å². The molecule has 1 aromatic carbocycles. The molecule has 1 aliphatic heterocycles. The molecule has 140 valence electrons. The summed E-state index contributed by atoms with van der Waals surface area (Å²) < 4.78 is 7.02. The van der Waals surface area contributed by atoms with Gasteiger partial charge in [0.1, 0.15) is 0 Å². The number of aromatic nitrogens is 1. The topological polar surface area (TPSA) is 60.3 Å². The van der Waals surface area contributed by atoms with Gasteiger partial charge in [0.05, 0.1) is 18.3 Å². The van der Waals surface area contributed by atoms with Crippen LogP contribution >= 0.6 is 0 Å². The normalized spacial score (nSPS) is 15.5. The van der Waals surface area contributed by atoms with Gasteiger partial charge >= 0.3 is 5.97 Å². The Morgan fingerprint density at radius 1 is 1.11 bits per heavy atom. The summed E-state index contributed by atoms with van der Waals surface area (Å²) in [4.78, 5) is 24.5. The van der Waals surface area contributed by atoms with Gasteiger partial charge < -0.3 is 14.6 Å². The van der Waals surface area contributed by atoms with E-state index >= 15 is 0 Å². The maximum atomic E-state index is 12.4. The number of benzene rings is 1. The van der Waals surface area contributed by atoms with Gasteiger partial charge in [-0.25, -0.2) is 4.79 Å². The van der Waals surface area contributed by atoms with Gasteiger partial charge in [-0.3, -0.25) is 4.79 Å². The molecule has 0 aliphatic carbocycles. The number of hydrogen-bond donors (Lipinski definition) is 1. The quantitative estimate of drug-likeness (QED) is 0.668. The molecule has 0 unspecified atom stereocenters. The van der Waals surface area contributed by atoms with Crippen LogP contribution in [0.5, 0.6) is 0 Å². The maximum absolute atomic E-state index is 12.4. The summed E-state index contributed by atoms with van der Waals surface area (Å²) in [6, 6.07) is 8.38. The number of nitrogens with one attached hydrogen (secondary N) is 1. The van der Waals surface area contributed by atoms with Gasteiger partial charge in [-0.05, 0) is 69.5 Å². The molecule has 3 rings (SSSR count). The molecule has 1 amide bonds. The Bertz CT molecular complexity index is 1020. The highest BCUT2D eigenvalue weighted by molar-refractivity contribution is 6.16. The van der Waals surface area contributed by atoms with E-state index in [9.17, 15) is 9.59 Å². The van der Waals surface area contributed by atoms with Crippen LogP contribution in [0.25, 0.3) is 11.8 Å². The highest BCUT2D eigenvalue weighted by Crippen LogP contribution is 2.29. The Hall–Kier alpha value is -3.08. The molecule has 5 nitrogen and oxygen atoms in total. The summed E-state index contributed by atoms with van der Waals surface area (Å²) in [6.45, 7) is 9.90. The standard InChI is InChI=1S/C22H24N2O3/c1-12-7-8-13(2)19(9-12)24-14(3)10-17(16(24)5)11-18-20(22(26)27-6)15(4)23-21(18)25/h7-11H,1-6H3,(H,23,25). The highest BCUT2D eigenvalue weighted by atomic mass is 16.5. The SMILES string of the molecule is COC(=O)C1=C(C)NC(=O)C1=Cc1cc(C)n(-c2cc(C)ccc2C)c1C. The number of amides is 1. The third-order valence-electron chi connectivity index (χ3n) is 4.96. The average molecular weight is 364 g/mol. The van der Waals surface area contributed by atoms with E-state index in [0.717, 1.165) is 22.6 Å². The minimum atomic E-state index is -0.513.